The zero-order valence-corrected chi connectivity index (χ0v) is 15.9. The molecule has 0 saturated carbocycles. The Hall–Kier alpha value is -1.08. The Labute approximate surface area is 152 Å². The van der Waals surface area contributed by atoms with E-state index in [0.29, 0.717) is 0 Å². The average Bonchev–Trinajstić information content (AvgIpc) is 2.53. The van der Waals surface area contributed by atoms with Crippen molar-refractivity contribution >= 4 is 20.2 Å². The summed E-state index contributed by atoms with van der Waals surface area (Å²) < 4.78 is 81.2. The van der Waals surface area contributed by atoms with Crippen molar-refractivity contribution in [1.82, 2.24) is 0 Å². The molecule has 5 unspecified atom stereocenters. The Bertz CT molecular complexity index is 792. The van der Waals surface area contributed by atoms with Gasteiger partial charge in [-0.15, -0.1) is 0 Å². The molecule has 1 saturated heterocycles. The van der Waals surface area contributed by atoms with E-state index in [1.54, 1.807) is 24.3 Å². The summed E-state index contributed by atoms with van der Waals surface area (Å²) in [6, 6.07) is 8.94. The Kier molecular flexibility index (Phi) is 6.77. The quantitative estimate of drug-likeness (QED) is 0.623. The summed E-state index contributed by atoms with van der Waals surface area (Å²) in [5, 5.41) is -1.49. The molecule has 0 spiro atoms. The van der Waals surface area contributed by atoms with Crippen LogP contribution in [-0.2, 0) is 41.1 Å². The molecule has 0 aromatic heterocycles. The standard InChI is InChI=1S/C15H22O9S2/c1-10-12(9-25(16,17)18)24-15(22-2)13(14(10)26(19,20)21)23-8-11-6-4-3-5-7-11/h3-7,10,12-15H,8-9H2,1-2H3,(H,16,17,18)(H,19,20,21). The Morgan fingerprint density at radius 2 is 1.73 bits per heavy atom. The first-order valence-corrected chi connectivity index (χ1v) is 10.9. The molecule has 5 atom stereocenters. The van der Waals surface area contributed by atoms with Gasteiger partial charge in [-0.25, -0.2) is 0 Å². The van der Waals surface area contributed by atoms with Crippen molar-refractivity contribution in [2.45, 2.75) is 37.3 Å². The van der Waals surface area contributed by atoms with Crippen LogP contribution in [0.25, 0.3) is 0 Å². The van der Waals surface area contributed by atoms with Gasteiger partial charge in [-0.1, -0.05) is 37.3 Å². The lowest BCUT2D eigenvalue weighted by Crippen LogP contribution is -2.59. The molecule has 1 aliphatic rings. The van der Waals surface area contributed by atoms with Crippen molar-refractivity contribution < 1.29 is 40.2 Å². The summed E-state index contributed by atoms with van der Waals surface area (Å²) in [6.07, 6.45) is -3.63. The first kappa shape index (κ1) is 21.2. The zero-order chi connectivity index (χ0) is 19.5. The van der Waals surface area contributed by atoms with Gasteiger partial charge < -0.3 is 14.2 Å². The van der Waals surface area contributed by atoms with Crippen LogP contribution in [0.2, 0.25) is 0 Å². The molecule has 26 heavy (non-hydrogen) atoms. The fourth-order valence-corrected chi connectivity index (χ4v) is 5.07. The number of hydrogen-bond acceptors (Lipinski definition) is 7. The second kappa shape index (κ2) is 8.30. The third kappa shape index (κ3) is 5.46. The average molecular weight is 410 g/mol. The molecule has 1 aromatic rings. The van der Waals surface area contributed by atoms with E-state index in [0.717, 1.165) is 5.56 Å². The highest BCUT2D eigenvalue weighted by Gasteiger charge is 2.51. The minimum absolute atomic E-state index is 0.0381. The van der Waals surface area contributed by atoms with Crippen LogP contribution >= 0.6 is 0 Å². The molecule has 11 heteroatoms. The molecule has 2 rings (SSSR count). The fourth-order valence-electron chi connectivity index (χ4n) is 3.01. The van der Waals surface area contributed by atoms with Crippen molar-refractivity contribution in [2.24, 2.45) is 5.92 Å². The Balaban J connectivity index is 2.29. The van der Waals surface area contributed by atoms with Gasteiger partial charge in [0.25, 0.3) is 20.2 Å². The van der Waals surface area contributed by atoms with Crippen LogP contribution in [0.1, 0.15) is 12.5 Å². The van der Waals surface area contributed by atoms with Crippen molar-refractivity contribution in [1.29, 1.82) is 0 Å². The van der Waals surface area contributed by atoms with Crippen LogP contribution in [0, 0.1) is 5.92 Å². The zero-order valence-electron chi connectivity index (χ0n) is 14.3. The van der Waals surface area contributed by atoms with Gasteiger partial charge in [0.1, 0.15) is 17.1 Å². The predicted octanol–water partition coefficient (Wildman–Crippen LogP) is 0.723. The van der Waals surface area contributed by atoms with E-state index in [1.807, 2.05) is 6.07 Å². The molecule has 9 nitrogen and oxygen atoms in total. The first-order valence-electron chi connectivity index (χ1n) is 7.78. The van der Waals surface area contributed by atoms with Gasteiger partial charge in [-0.3, -0.25) is 9.11 Å². The van der Waals surface area contributed by atoms with Crippen LogP contribution in [0.4, 0.5) is 0 Å². The maximum atomic E-state index is 11.9. The number of benzene rings is 1. The maximum Gasteiger partial charge on any atom is 0.270 e. The van der Waals surface area contributed by atoms with E-state index in [9.17, 15) is 21.4 Å². The van der Waals surface area contributed by atoms with E-state index >= 15 is 0 Å². The highest BCUT2D eigenvalue weighted by molar-refractivity contribution is 7.86. The molecule has 0 amide bonds. The molecule has 1 heterocycles. The highest BCUT2D eigenvalue weighted by atomic mass is 32.2. The summed E-state index contributed by atoms with van der Waals surface area (Å²) >= 11 is 0. The van der Waals surface area contributed by atoms with Gasteiger partial charge in [0.05, 0.1) is 12.7 Å². The lowest BCUT2D eigenvalue weighted by atomic mass is 9.94. The molecule has 2 N–H and O–H groups in total. The number of rotatable bonds is 7. The second-order valence-electron chi connectivity index (χ2n) is 6.13. The third-order valence-corrected chi connectivity index (χ3v) is 6.38. The van der Waals surface area contributed by atoms with Gasteiger partial charge in [0, 0.05) is 13.0 Å². The largest absolute Gasteiger partial charge is 0.367 e. The minimum atomic E-state index is -4.62. The molecule has 148 valence electrons. The number of hydrogen-bond donors (Lipinski definition) is 2. The molecule has 0 radical (unpaired) electrons. The summed E-state index contributed by atoms with van der Waals surface area (Å²) in [7, 11) is -7.81. The van der Waals surface area contributed by atoms with E-state index in [2.05, 4.69) is 0 Å². The van der Waals surface area contributed by atoms with Gasteiger partial charge in [-0.2, -0.15) is 16.8 Å². The van der Waals surface area contributed by atoms with Crippen molar-refractivity contribution in [3.05, 3.63) is 35.9 Å². The number of methoxy groups -OCH3 is 1. The Morgan fingerprint density at radius 1 is 1.12 bits per heavy atom. The van der Waals surface area contributed by atoms with Crippen LogP contribution in [-0.4, -0.2) is 62.6 Å². The van der Waals surface area contributed by atoms with Crippen molar-refractivity contribution in [3.63, 3.8) is 0 Å². The van der Waals surface area contributed by atoms with E-state index in [-0.39, 0.29) is 6.61 Å². The molecule has 1 aliphatic heterocycles. The van der Waals surface area contributed by atoms with Crippen molar-refractivity contribution in [2.75, 3.05) is 12.9 Å². The van der Waals surface area contributed by atoms with E-state index in [1.165, 1.54) is 14.0 Å². The first-order chi connectivity index (χ1) is 12.0. The smallest absolute Gasteiger partial charge is 0.270 e. The van der Waals surface area contributed by atoms with Crippen molar-refractivity contribution in [3.8, 4) is 0 Å². The summed E-state index contributed by atoms with van der Waals surface area (Å²) in [5.41, 5.74) is 0.768. The van der Waals surface area contributed by atoms with Crippen LogP contribution in [0.3, 0.4) is 0 Å². The topological polar surface area (TPSA) is 136 Å². The monoisotopic (exact) mass is 410 g/mol. The maximum absolute atomic E-state index is 11.9. The molecule has 1 aromatic carbocycles. The lowest BCUT2D eigenvalue weighted by molar-refractivity contribution is -0.250. The summed E-state index contributed by atoms with van der Waals surface area (Å²) in [4.78, 5) is 0. The highest BCUT2D eigenvalue weighted by Crippen LogP contribution is 2.33. The summed E-state index contributed by atoms with van der Waals surface area (Å²) in [6.45, 7) is 1.44. The molecular weight excluding hydrogens is 388 g/mol. The normalized spacial score (nSPS) is 30.2. The van der Waals surface area contributed by atoms with E-state index in [4.69, 9.17) is 18.8 Å². The van der Waals surface area contributed by atoms with Crippen LogP contribution in [0.5, 0.6) is 0 Å². The second-order valence-corrected chi connectivity index (χ2v) is 9.20. The fraction of sp³-hybridized carbons (Fsp3) is 0.600. The summed E-state index contributed by atoms with van der Waals surface area (Å²) in [5.74, 6) is -1.80. The predicted molar refractivity (Wildman–Crippen MR) is 91.6 cm³/mol. The van der Waals surface area contributed by atoms with E-state index < -0.39 is 55.7 Å². The SMILES string of the molecule is COC1OC(CS(=O)(=O)O)C(C)C(S(=O)(=O)O)C1OCc1ccccc1. The third-order valence-electron chi connectivity index (χ3n) is 4.24. The lowest BCUT2D eigenvalue weighted by Gasteiger charge is -2.43. The Morgan fingerprint density at radius 3 is 2.23 bits per heavy atom. The molecular formula is C15H22O9S2. The molecule has 0 aliphatic carbocycles. The van der Waals surface area contributed by atoms with Crippen LogP contribution < -0.4 is 0 Å². The molecule has 1 fully saturated rings. The number of ether oxygens (including phenoxy) is 3. The minimum Gasteiger partial charge on any atom is -0.367 e. The van der Waals surface area contributed by atoms with Gasteiger partial charge >= 0.3 is 0 Å². The van der Waals surface area contributed by atoms with Gasteiger partial charge in [0.15, 0.2) is 6.29 Å². The van der Waals surface area contributed by atoms with Crippen LogP contribution in [0.15, 0.2) is 30.3 Å². The van der Waals surface area contributed by atoms with Gasteiger partial charge in [-0.05, 0) is 5.56 Å². The van der Waals surface area contributed by atoms with Gasteiger partial charge in [0.2, 0.25) is 0 Å². The molecule has 0 bridgehead atoms.